The first-order valence-electron chi connectivity index (χ1n) is 5.56. The summed E-state index contributed by atoms with van der Waals surface area (Å²) in [6.07, 6.45) is 2.35. The van der Waals surface area contributed by atoms with Crippen molar-refractivity contribution in [2.45, 2.75) is 20.1 Å². The van der Waals surface area contributed by atoms with Crippen LogP contribution in [0.4, 0.5) is 4.39 Å². The van der Waals surface area contributed by atoms with E-state index in [9.17, 15) is 9.18 Å². The number of carbonyl (C=O) groups is 1. The molecule has 19 heavy (non-hydrogen) atoms. The Bertz CT molecular complexity index is 599. The number of aryl methyl sites for hydroxylation is 1. The topological polar surface area (TPSA) is 95.9 Å². The van der Waals surface area contributed by atoms with Gasteiger partial charge >= 0.3 is 0 Å². The van der Waals surface area contributed by atoms with Crippen molar-refractivity contribution in [2.24, 2.45) is 5.73 Å². The number of rotatable bonds is 5. The summed E-state index contributed by atoms with van der Waals surface area (Å²) >= 11 is 0. The van der Waals surface area contributed by atoms with E-state index in [2.05, 4.69) is 15.1 Å². The lowest BCUT2D eigenvalue weighted by atomic mass is 10.2. The van der Waals surface area contributed by atoms with Crippen LogP contribution in [0.3, 0.4) is 0 Å². The van der Waals surface area contributed by atoms with E-state index in [0.29, 0.717) is 12.4 Å². The molecule has 0 atom stereocenters. The standard InChI is InChI=1S/C11H12FN5O2/c1-2-17-9(15-6-16-17)5-19-11-8(10(13)18)3-7(12)4-14-11/h3-4,6H,2,5H2,1H3,(H2,13,18). The van der Waals surface area contributed by atoms with Crippen LogP contribution >= 0.6 is 0 Å². The third kappa shape index (κ3) is 2.84. The lowest BCUT2D eigenvalue weighted by Crippen LogP contribution is -2.15. The smallest absolute Gasteiger partial charge is 0.254 e. The van der Waals surface area contributed by atoms with Crippen molar-refractivity contribution in [2.75, 3.05) is 0 Å². The maximum absolute atomic E-state index is 13.0. The highest BCUT2D eigenvalue weighted by Crippen LogP contribution is 2.16. The van der Waals surface area contributed by atoms with E-state index in [1.165, 1.54) is 6.33 Å². The van der Waals surface area contributed by atoms with Gasteiger partial charge in [0.15, 0.2) is 5.82 Å². The van der Waals surface area contributed by atoms with Crippen LogP contribution in [0.1, 0.15) is 23.1 Å². The van der Waals surface area contributed by atoms with E-state index >= 15 is 0 Å². The number of carbonyl (C=O) groups excluding carboxylic acids is 1. The van der Waals surface area contributed by atoms with Gasteiger partial charge in [0.05, 0.1) is 6.20 Å². The molecule has 0 bridgehead atoms. The number of halogens is 1. The lowest BCUT2D eigenvalue weighted by molar-refractivity contribution is 0.0994. The predicted molar refractivity (Wildman–Crippen MR) is 62.7 cm³/mol. The second-order valence-electron chi connectivity index (χ2n) is 3.65. The van der Waals surface area contributed by atoms with Gasteiger partial charge in [0.25, 0.3) is 5.91 Å². The van der Waals surface area contributed by atoms with Gasteiger partial charge in [-0.15, -0.1) is 0 Å². The zero-order chi connectivity index (χ0) is 13.8. The van der Waals surface area contributed by atoms with E-state index in [-0.39, 0.29) is 18.1 Å². The van der Waals surface area contributed by atoms with Crippen molar-refractivity contribution in [1.29, 1.82) is 0 Å². The molecule has 0 radical (unpaired) electrons. The van der Waals surface area contributed by atoms with Crippen LogP contribution < -0.4 is 10.5 Å². The molecule has 2 heterocycles. The van der Waals surface area contributed by atoms with E-state index in [1.807, 2.05) is 6.92 Å². The molecule has 2 aromatic heterocycles. The molecule has 2 rings (SSSR count). The summed E-state index contributed by atoms with van der Waals surface area (Å²) in [5.74, 6) is -0.916. The van der Waals surface area contributed by atoms with Crippen molar-refractivity contribution >= 4 is 5.91 Å². The average Bonchev–Trinajstić information content (AvgIpc) is 2.84. The normalized spacial score (nSPS) is 10.4. The number of hydrogen-bond acceptors (Lipinski definition) is 5. The zero-order valence-electron chi connectivity index (χ0n) is 10.2. The fraction of sp³-hybridized carbons (Fsp3) is 0.273. The fourth-order valence-corrected chi connectivity index (χ4v) is 1.52. The maximum Gasteiger partial charge on any atom is 0.254 e. The number of hydrogen-bond donors (Lipinski definition) is 1. The van der Waals surface area contributed by atoms with Gasteiger partial charge in [-0.2, -0.15) is 5.10 Å². The first-order chi connectivity index (χ1) is 9.11. The molecular formula is C11H12FN5O2. The summed E-state index contributed by atoms with van der Waals surface area (Å²) in [7, 11) is 0. The maximum atomic E-state index is 13.0. The number of ether oxygens (including phenoxy) is 1. The van der Waals surface area contributed by atoms with Gasteiger partial charge in [-0.05, 0) is 13.0 Å². The molecule has 0 aliphatic heterocycles. The van der Waals surface area contributed by atoms with Gasteiger partial charge in [0.2, 0.25) is 5.88 Å². The van der Waals surface area contributed by atoms with Crippen molar-refractivity contribution in [3.63, 3.8) is 0 Å². The predicted octanol–water partition coefficient (Wildman–Crippen LogP) is 0.510. The molecule has 2 aromatic rings. The van der Waals surface area contributed by atoms with Gasteiger partial charge in [-0.25, -0.2) is 19.0 Å². The molecule has 2 N–H and O–H groups in total. The van der Waals surface area contributed by atoms with Gasteiger partial charge in [-0.3, -0.25) is 4.79 Å². The highest BCUT2D eigenvalue weighted by molar-refractivity contribution is 5.94. The van der Waals surface area contributed by atoms with Gasteiger partial charge in [0, 0.05) is 6.54 Å². The Labute approximate surface area is 108 Å². The van der Waals surface area contributed by atoms with Crippen LogP contribution in [-0.4, -0.2) is 25.7 Å². The number of nitrogens with two attached hydrogens (primary N) is 1. The summed E-state index contributed by atoms with van der Waals surface area (Å²) in [6, 6.07) is 0.981. The van der Waals surface area contributed by atoms with Crippen LogP contribution in [0.2, 0.25) is 0 Å². The molecule has 1 amide bonds. The first-order valence-corrected chi connectivity index (χ1v) is 5.56. The van der Waals surface area contributed by atoms with Crippen molar-refractivity contribution in [3.05, 3.63) is 35.8 Å². The summed E-state index contributed by atoms with van der Waals surface area (Å²) < 4.78 is 20.0. The monoisotopic (exact) mass is 265 g/mol. The average molecular weight is 265 g/mol. The van der Waals surface area contributed by atoms with E-state index in [0.717, 1.165) is 12.3 Å². The largest absolute Gasteiger partial charge is 0.469 e. The summed E-state index contributed by atoms with van der Waals surface area (Å²) in [5, 5.41) is 3.97. The van der Waals surface area contributed by atoms with E-state index < -0.39 is 11.7 Å². The molecule has 0 saturated carbocycles. The third-order valence-corrected chi connectivity index (χ3v) is 2.42. The number of amides is 1. The highest BCUT2D eigenvalue weighted by Gasteiger charge is 2.13. The Morgan fingerprint density at radius 3 is 3.00 bits per heavy atom. The quantitative estimate of drug-likeness (QED) is 0.849. The second-order valence-corrected chi connectivity index (χ2v) is 3.65. The molecule has 0 aromatic carbocycles. The van der Waals surface area contributed by atoms with E-state index in [1.54, 1.807) is 4.68 Å². The SMILES string of the molecule is CCn1ncnc1COc1ncc(F)cc1C(N)=O. The van der Waals surface area contributed by atoms with E-state index in [4.69, 9.17) is 10.5 Å². The fourth-order valence-electron chi connectivity index (χ4n) is 1.52. The van der Waals surface area contributed by atoms with Crippen molar-refractivity contribution < 1.29 is 13.9 Å². The molecule has 7 nitrogen and oxygen atoms in total. The molecule has 0 saturated heterocycles. The van der Waals surface area contributed by atoms with Gasteiger partial charge in [-0.1, -0.05) is 0 Å². The molecule has 100 valence electrons. The van der Waals surface area contributed by atoms with Crippen LogP contribution in [0.15, 0.2) is 18.6 Å². The number of pyridine rings is 1. The van der Waals surface area contributed by atoms with Crippen LogP contribution in [-0.2, 0) is 13.2 Å². The van der Waals surface area contributed by atoms with Crippen molar-refractivity contribution in [3.8, 4) is 5.88 Å². The minimum atomic E-state index is -0.807. The molecular weight excluding hydrogens is 253 g/mol. The minimum absolute atomic E-state index is 0.0282. The molecule has 0 aliphatic rings. The van der Waals surface area contributed by atoms with Crippen LogP contribution in [0, 0.1) is 5.82 Å². The number of aromatic nitrogens is 4. The lowest BCUT2D eigenvalue weighted by Gasteiger charge is -2.08. The summed E-state index contributed by atoms with van der Waals surface area (Å²) in [5.41, 5.74) is 5.02. The Balaban J connectivity index is 2.18. The molecule has 0 unspecified atom stereocenters. The third-order valence-electron chi connectivity index (χ3n) is 2.42. The van der Waals surface area contributed by atoms with Crippen LogP contribution in [0.25, 0.3) is 0 Å². The number of nitrogens with zero attached hydrogens (tertiary/aromatic N) is 4. The number of primary amides is 1. The summed E-state index contributed by atoms with van der Waals surface area (Å²) in [4.78, 5) is 18.9. The Kier molecular flexibility index (Phi) is 3.69. The van der Waals surface area contributed by atoms with Gasteiger partial charge < -0.3 is 10.5 Å². The Morgan fingerprint density at radius 1 is 1.53 bits per heavy atom. The summed E-state index contributed by atoms with van der Waals surface area (Å²) in [6.45, 7) is 2.61. The minimum Gasteiger partial charge on any atom is -0.469 e. The molecule has 0 spiro atoms. The van der Waals surface area contributed by atoms with Crippen LogP contribution in [0.5, 0.6) is 5.88 Å². The van der Waals surface area contributed by atoms with Crippen molar-refractivity contribution in [1.82, 2.24) is 19.7 Å². The molecule has 0 aliphatic carbocycles. The second kappa shape index (κ2) is 5.42. The molecule has 0 fully saturated rings. The highest BCUT2D eigenvalue weighted by atomic mass is 19.1. The first kappa shape index (κ1) is 12.9. The van der Waals surface area contributed by atoms with Gasteiger partial charge in [0.1, 0.15) is 24.3 Å². The zero-order valence-corrected chi connectivity index (χ0v) is 10.2. The Hall–Kier alpha value is -2.51. The Morgan fingerprint density at radius 2 is 2.32 bits per heavy atom. The molecule has 8 heteroatoms.